The molecular formula is C7H5O4SW-. The van der Waals surface area contributed by atoms with E-state index in [0.29, 0.717) is 0 Å². The van der Waals surface area contributed by atoms with E-state index >= 15 is 0 Å². The van der Waals surface area contributed by atoms with E-state index < -0.39 is 17.0 Å². The van der Waals surface area contributed by atoms with E-state index in [9.17, 15) is 13.6 Å². The Bertz CT molecular complexity index is 310. The van der Waals surface area contributed by atoms with Crippen molar-refractivity contribution in [2.75, 3.05) is 0 Å². The third-order valence-electron chi connectivity index (χ3n) is 1.27. The minimum Gasteiger partial charge on any atom is -0.768 e. The van der Waals surface area contributed by atoms with Crippen molar-refractivity contribution in [2.24, 2.45) is 0 Å². The second-order valence-corrected chi connectivity index (χ2v) is 3.01. The minimum absolute atomic E-state index is 0. The van der Waals surface area contributed by atoms with Gasteiger partial charge in [-0.25, -0.2) is 4.79 Å². The molecule has 6 heteroatoms. The number of benzene rings is 1. The van der Waals surface area contributed by atoms with Gasteiger partial charge in [-0.1, -0.05) is 6.07 Å². The number of hydrogen-bond donors (Lipinski definition) is 1. The fraction of sp³-hybridized carbons (Fsp3) is 0. The van der Waals surface area contributed by atoms with Crippen LogP contribution in [0.4, 0.5) is 0 Å². The van der Waals surface area contributed by atoms with Crippen LogP contribution >= 0.6 is 0 Å². The smallest absolute Gasteiger partial charge is 0.335 e. The largest absolute Gasteiger partial charge is 0.768 e. The van der Waals surface area contributed by atoms with Gasteiger partial charge in [0.15, 0.2) is 0 Å². The Balaban J connectivity index is 0.00000144. The molecule has 4 nitrogen and oxygen atoms in total. The number of carbonyl (C=O) groups is 1. The molecule has 0 amide bonds. The van der Waals surface area contributed by atoms with Crippen molar-refractivity contribution in [1.82, 2.24) is 0 Å². The first-order valence-electron chi connectivity index (χ1n) is 3.04. The van der Waals surface area contributed by atoms with Crippen LogP contribution < -0.4 is 0 Å². The maximum absolute atomic E-state index is 10.4. The number of hydrogen-bond acceptors (Lipinski definition) is 3. The summed E-state index contributed by atoms with van der Waals surface area (Å²) >= 11 is -2.37. The summed E-state index contributed by atoms with van der Waals surface area (Å²) in [6.45, 7) is 0. The predicted molar refractivity (Wildman–Crippen MR) is 40.6 cm³/mol. The molecule has 0 aliphatic carbocycles. The van der Waals surface area contributed by atoms with Crippen molar-refractivity contribution in [3.8, 4) is 0 Å². The number of rotatable bonds is 2. The number of aromatic carboxylic acids is 1. The molecule has 1 atom stereocenters. The Hall–Kier alpha value is -0.512. The van der Waals surface area contributed by atoms with Gasteiger partial charge in [0.25, 0.3) is 0 Å². The molecule has 0 saturated carbocycles. The van der Waals surface area contributed by atoms with E-state index in [0.717, 1.165) is 6.07 Å². The average molecular weight is 369 g/mol. The summed E-state index contributed by atoms with van der Waals surface area (Å²) in [5.74, 6) is -1.14. The first-order chi connectivity index (χ1) is 5.61. The van der Waals surface area contributed by atoms with Crippen LogP contribution in [0.1, 0.15) is 10.4 Å². The normalized spacial score (nSPS) is 11.5. The summed E-state index contributed by atoms with van der Waals surface area (Å²) in [5, 5.41) is 8.49. The summed E-state index contributed by atoms with van der Waals surface area (Å²) in [7, 11) is 0. The van der Waals surface area contributed by atoms with Gasteiger partial charge in [0.2, 0.25) is 0 Å². The molecule has 0 aliphatic heterocycles. The molecule has 1 rings (SSSR count). The Labute approximate surface area is 91.5 Å². The fourth-order valence-corrected chi connectivity index (χ4v) is 1.15. The van der Waals surface area contributed by atoms with E-state index in [4.69, 9.17) is 5.11 Å². The second-order valence-electron chi connectivity index (χ2n) is 2.07. The minimum atomic E-state index is -2.37. The van der Waals surface area contributed by atoms with Gasteiger partial charge in [0.1, 0.15) is 0 Å². The SMILES string of the molecule is O=C(O)c1cccc(S(=O)[O-])c1.[W]. The van der Waals surface area contributed by atoms with Crippen LogP contribution in [0.3, 0.4) is 0 Å². The molecular weight excluding hydrogens is 364 g/mol. The molecule has 0 spiro atoms. The summed E-state index contributed by atoms with van der Waals surface area (Å²) in [6.07, 6.45) is 0. The van der Waals surface area contributed by atoms with Crippen LogP contribution in [0, 0.1) is 0 Å². The van der Waals surface area contributed by atoms with Gasteiger partial charge in [0, 0.05) is 26.0 Å². The molecule has 0 bridgehead atoms. The van der Waals surface area contributed by atoms with Gasteiger partial charge in [-0.2, -0.15) is 0 Å². The molecule has 1 aromatic rings. The van der Waals surface area contributed by atoms with Crippen molar-refractivity contribution >= 4 is 17.0 Å². The molecule has 1 N–H and O–H groups in total. The summed E-state index contributed by atoms with van der Waals surface area (Å²) in [6, 6.07) is 5.15. The van der Waals surface area contributed by atoms with Crippen molar-refractivity contribution in [3.05, 3.63) is 29.8 Å². The third kappa shape index (κ3) is 3.38. The quantitative estimate of drug-likeness (QED) is 0.776. The van der Waals surface area contributed by atoms with Gasteiger partial charge in [-0.3, -0.25) is 4.21 Å². The molecule has 1 aromatic carbocycles. The van der Waals surface area contributed by atoms with Gasteiger partial charge in [-0.05, 0) is 29.3 Å². The van der Waals surface area contributed by atoms with Gasteiger partial charge < -0.3 is 9.66 Å². The van der Waals surface area contributed by atoms with Gasteiger partial charge >= 0.3 is 5.97 Å². The molecule has 0 radical (unpaired) electrons. The van der Waals surface area contributed by atoms with Crippen molar-refractivity contribution in [2.45, 2.75) is 4.90 Å². The molecule has 13 heavy (non-hydrogen) atoms. The first-order valence-corrected chi connectivity index (χ1v) is 4.11. The van der Waals surface area contributed by atoms with Crippen LogP contribution in [0.5, 0.6) is 0 Å². The predicted octanol–water partition coefficient (Wildman–Crippen LogP) is 0.620. The first kappa shape index (κ1) is 12.5. The van der Waals surface area contributed by atoms with E-state index in [-0.39, 0.29) is 31.5 Å². The van der Waals surface area contributed by atoms with Crippen LogP contribution in [0.25, 0.3) is 0 Å². The van der Waals surface area contributed by atoms with Crippen LogP contribution in [0.15, 0.2) is 29.2 Å². The summed E-state index contributed by atoms with van der Waals surface area (Å²) in [4.78, 5) is 10.4. The zero-order valence-corrected chi connectivity index (χ0v) is 10.0. The van der Waals surface area contributed by atoms with Crippen LogP contribution in [-0.2, 0) is 32.1 Å². The monoisotopic (exact) mass is 369 g/mol. The van der Waals surface area contributed by atoms with Crippen LogP contribution in [0.2, 0.25) is 0 Å². The zero-order chi connectivity index (χ0) is 9.14. The zero-order valence-electron chi connectivity index (χ0n) is 6.30. The summed E-state index contributed by atoms with van der Waals surface area (Å²) < 4.78 is 20.8. The van der Waals surface area contributed by atoms with Crippen molar-refractivity contribution in [3.63, 3.8) is 0 Å². The van der Waals surface area contributed by atoms with Gasteiger partial charge in [0.05, 0.1) is 5.56 Å². The molecule has 0 heterocycles. The topological polar surface area (TPSA) is 77.4 Å². The fourth-order valence-electron chi connectivity index (χ4n) is 0.733. The van der Waals surface area contributed by atoms with Crippen molar-refractivity contribution < 1.29 is 39.7 Å². The van der Waals surface area contributed by atoms with E-state index in [1.165, 1.54) is 18.2 Å². The molecule has 70 valence electrons. The molecule has 0 aliphatic rings. The Kier molecular flexibility index (Phi) is 5.06. The van der Waals surface area contributed by atoms with E-state index in [1.54, 1.807) is 0 Å². The molecule has 0 aromatic heterocycles. The van der Waals surface area contributed by atoms with Crippen molar-refractivity contribution in [1.29, 1.82) is 0 Å². The Morgan fingerprint density at radius 2 is 2.08 bits per heavy atom. The van der Waals surface area contributed by atoms with Gasteiger partial charge in [-0.15, -0.1) is 0 Å². The Morgan fingerprint density at radius 1 is 1.46 bits per heavy atom. The number of carboxylic acid groups (broad SMARTS) is 1. The Morgan fingerprint density at radius 3 is 2.54 bits per heavy atom. The average Bonchev–Trinajstić information content (AvgIpc) is 2.04. The second kappa shape index (κ2) is 5.27. The summed E-state index contributed by atoms with van der Waals surface area (Å²) in [5.41, 5.74) is -0.0308. The number of carboxylic acids is 1. The molecule has 0 fully saturated rings. The maximum Gasteiger partial charge on any atom is 0.335 e. The molecule has 1 unspecified atom stereocenters. The van der Waals surface area contributed by atoms with Crippen LogP contribution in [-0.4, -0.2) is 19.8 Å². The third-order valence-corrected chi connectivity index (χ3v) is 1.91. The molecule has 0 saturated heterocycles. The van der Waals surface area contributed by atoms with E-state index in [1.807, 2.05) is 0 Å². The standard InChI is InChI=1S/C7H6O4S.W/c8-7(9)5-2-1-3-6(4-5)12(10)11;/h1-4H,(H,8,9)(H,10,11);/p-1. The van der Waals surface area contributed by atoms with E-state index in [2.05, 4.69) is 0 Å². The maximum atomic E-state index is 10.4.